The SMILES string of the molecule is O=C(C=Cc1ccc(Cl)cc1O)c1ccccc1. The van der Waals surface area contributed by atoms with Crippen LogP contribution >= 0.6 is 11.6 Å². The molecule has 1 N–H and O–H groups in total. The fraction of sp³-hybridized carbons (Fsp3) is 0. The summed E-state index contributed by atoms with van der Waals surface area (Å²) >= 11 is 5.72. The van der Waals surface area contributed by atoms with Gasteiger partial charge < -0.3 is 5.11 Å². The van der Waals surface area contributed by atoms with Crippen molar-refractivity contribution < 1.29 is 9.90 Å². The number of aromatic hydroxyl groups is 1. The summed E-state index contributed by atoms with van der Waals surface area (Å²) in [5.41, 5.74) is 1.17. The van der Waals surface area contributed by atoms with Crippen molar-refractivity contribution in [3.05, 3.63) is 70.8 Å². The molecule has 2 nitrogen and oxygen atoms in total. The Morgan fingerprint density at radius 3 is 2.50 bits per heavy atom. The van der Waals surface area contributed by atoms with Crippen LogP contribution in [0.3, 0.4) is 0 Å². The minimum atomic E-state index is -0.107. The summed E-state index contributed by atoms with van der Waals surface area (Å²) in [6.45, 7) is 0. The first-order valence-electron chi connectivity index (χ1n) is 5.43. The molecule has 90 valence electrons. The summed E-state index contributed by atoms with van der Waals surface area (Å²) in [5, 5.41) is 10.1. The van der Waals surface area contributed by atoms with Crippen molar-refractivity contribution in [3.63, 3.8) is 0 Å². The van der Waals surface area contributed by atoms with Crippen molar-refractivity contribution >= 4 is 23.5 Å². The maximum Gasteiger partial charge on any atom is 0.185 e. The number of phenolic OH excluding ortho intramolecular Hbond substituents is 1. The highest BCUT2D eigenvalue weighted by atomic mass is 35.5. The fourth-order valence-corrected chi connectivity index (χ4v) is 1.69. The highest BCUT2D eigenvalue weighted by Gasteiger charge is 2.02. The molecular weight excluding hydrogens is 248 g/mol. The van der Waals surface area contributed by atoms with Gasteiger partial charge in [0.05, 0.1) is 0 Å². The Morgan fingerprint density at radius 2 is 1.83 bits per heavy atom. The van der Waals surface area contributed by atoms with E-state index in [9.17, 15) is 9.90 Å². The van der Waals surface area contributed by atoms with Crippen molar-refractivity contribution in [1.29, 1.82) is 0 Å². The molecule has 0 aliphatic rings. The van der Waals surface area contributed by atoms with E-state index in [0.717, 1.165) is 0 Å². The van der Waals surface area contributed by atoms with Gasteiger partial charge in [-0.05, 0) is 30.4 Å². The number of halogens is 1. The molecule has 0 unspecified atom stereocenters. The lowest BCUT2D eigenvalue weighted by Gasteiger charge is -1.99. The van der Waals surface area contributed by atoms with E-state index < -0.39 is 0 Å². The van der Waals surface area contributed by atoms with Gasteiger partial charge in [-0.15, -0.1) is 0 Å². The van der Waals surface area contributed by atoms with Crippen LogP contribution in [-0.2, 0) is 0 Å². The maximum atomic E-state index is 11.8. The molecule has 0 aromatic heterocycles. The fourth-order valence-electron chi connectivity index (χ4n) is 1.52. The first kappa shape index (κ1) is 12.4. The molecule has 18 heavy (non-hydrogen) atoms. The molecular formula is C15H11ClO2. The molecule has 2 aromatic rings. The predicted octanol–water partition coefficient (Wildman–Crippen LogP) is 3.94. The van der Waals surface area contributed by atoms with Crippen LogP contribution in [0.2, 0.25) is 5.02 Å². The molecule has 0 aliphatic heterocycles. The average molecular weight is 259 g/mol. The van der Waals surface area contributed by atoms with E-state index in [1.165, 1.54) is 12.1 Å². The lowest BCUT2D eigenvalue weighted by atomic mass is 10.1. The molecule has 0 spiro atoms. The third-order valence-corrected chi connectivity index (χ3v) is 2.70. The summed E-state index contributed by atoms with van der Waals surface area (Å²) in [7, 11) is 0. The summed E-state index contributed by atoms with van der Waals surface area (Å²) < 4.78 is 0. The summed E-state index contributed by atoms with van der Waals surface area (Å²) in [5.74, 6) is -0.0513. The van der Waals surface area contributed by atoms with E-state index in [0.29, 0.717) is 16.1 Å². The number of rotatable bonds is 3. The molecule has 0 aliphatic carbocycles. The highest BCUT2D eigenvalue weighted by Crippen LogP contribution is 2.23. The molecule has 0 amide bonds. The van der Waals surface area contributed by atoms with Gasteiger partial charge in [0.25, 0.3) is 0 Å². The summed E-state index contributed by atoms with van der Waals surface area (Å²) in [4.78, 5) is 11.8. The Hall–Kier alpha value is -2.06. The Bertz CT molecular complexity index is 589. The molecule has 0 atom stereocenters. The van der Waals surface area contributed by atoms with Crippen molar-refractivity contribution in [2.75, 3.05) is 0 Å². The monoisotopic (exact) mass is 258 g/mol. The largest absolute Gasteiger partial charge is 0.507 e. The van der Waals surface area contributed by atoms with Gasteiger partial charge >= 0.3 is 0 Å². The van der Waals surface area contributed by atoms with Crippen LogP contribution in [0.5, 0.6) is 5.75 Å². The smallest absolute Gasteiger partial charge is 0.185 e. The molecule has 0 fully saturated rings. The van der Waals surface area contributed by atoms with E-state index in [-0.39, 0.29) is 11.5 Å². The Morgan fingerprint density at radius 1 is 1.11 bits per heavy atom. The molecule has 2 rings (SSSR count). The minimum Gasteiger partial charge on any atom is -0.507 e. The van der Waals surface area contributed by atoms with E-state index in [4.69, 9.17) is 11.6 Å². The Labute approximate surface area is 110 Å². The van der Waals surface area contributed by atoms with Crippen LogP contribution in [0.4, 0.5) is 0 Å². The van der Waals surface area contributed by atoms with Gasteiger partial charge in [-0.25, -0.2) is 0 Å². The highest BCUT2D eigenvalue weighted by molar-refractivity contribution is 6.30. The van der Waals surface area contributed by atoms with Crippen LogP contribution in [0.25, 0.3) is 6.08 Å². The van der Waals surface area contributed by atoms with Gasteiger partial charge in [0.2, 0.25) is 0 Å². The van der Waals surface area contributed by atoms with Gasteiger partial charge in [0.1, 0.15) is 5.75 Å². The van der Waals surface area contributed by atoms with Gasteiger partial charge in [0.15, 0.2) is 5.78 Å². The van der Waals surface area contributed by atoms with Crippen LogP contribution in [0.15, 0.2) is 54.6 Å². The van der Waals surface area contributed by atoms with Crippen molar-refractivity contribution in [3.8, 4) is 5.75 Å². The van der Waals surface area contributed by atoms with Gasteiger partial charge in [-0.2, -0.15) is 0 Å². The van der Waals surface area contributed by atoms with Gasteiger partial charge in [-0.3, -0.25) is 4.79 Å². The second-order valence-electron chi connectivity index (χ2n) is 3.77. The molecule has 0 heterocycles. The van der Waals surface area contributed by atoms with Crippen LogP contribution in [-0.4, -0.2) is 10.9 Å². The number of benzene rings is 2. The van der Waals surface area contributed by atoms with E-state index in [1.807, 2.05) is 6.07 Å². The van der Waals surface area contributed by atoms with Crippen LogP contribution in [0, 0.1) is 0 Å². The molecule has 0 saturated heterocycles. The quantitative estimate of drug-likeness (QED) is 0.669. The molecule has 3 heteroatoms. The topological polar surface area (TPSA) is 37.3 Å². The van der Waals surface area contributed by atoms with E-state index >= 15 is 0 Å². The Kier molecular flexibility index (Phi) is 3.80. The molecule has 0 bridgehead atoms. The average Bonchev–Trinajstić information content (AvgIpc) is 2.38. The zero-order valence-electron chi connectivity index (χ0n) is 9.51. The number of phenols is 1. The zero-order chi connectivity index (χ0) is 13.0. The summed E-state index contributed by atoms with van der Waals surface area (Å²) in [6.07, 6.45) is 3.00. The maximum absolute atomic E-state index is 11.8. The van der Waals surface area contributed by atoms with Crippen LogP contribution < -0.4 is 0 Å². The number of hydrogen-bond acceptors (Lipinski definition) is 2. The van der Waals surface area contributed by atoms with Gasteiger partial charge in [0, 0.05) is 16.1 Å². The van der Waals surface area contributed by atoms with Crippen molar-refractivity contribution in [1.82, 2.24) is 0 Å². The second-order valence-corrected chi connectivity index (χ2v) is 4.20. The number of allylic oxidation sites excluding steroid dienone is 1. The summed E-state index contributed by atoms with van der Waals surface area (Å²) in [6, 6.07) is 13.7. The zero-order valence-corrected chi connectivity index (χ0v) is 10.3. The number of hydrogen-bond donors (Lipinski definition) is 1. The third-order valence-electron chi connectivity index (χ3n) is 2.47. The lowest BCUT2D eigenvalue weighted by Crippen LogP contribution is -1.92. The van der Waals surface area contributed by atoms with Gasteiger partial charge in [-0.1, -0.05) is 41.9 Å². The van der Waals surface area contributed by atoms with Crippen molar-refractivity contribution in [2.24, 2.45) is 0 Å². The lowest BCUT2D eigenvalue weighted by molar-refractivity contribution is 0.104. The van der Waals surface area contributed by atoms with E-state index in [1.54, 1.807) is 42.5 Å². The third kappa shape index (κ3) is 2.99. The first-order chi connectivity index (χ1) is 8.66. The number of carbonyl (C=O) groups is 1. The Balaban J connectivity index is 2.19. The number of carbonyl (C=O) groups excluding carboxylic acids is 1. The second kappa shape index (κ2) is 5.52. The van der Waals surface area contributed by atoms with Crippen LogP contribution in [0.1, 0.15) is 15.9 Å². The molecule has 0 saturated carbocycles. The van der Waals surface area contributed by atoms with E-state index in [2.05, 4.69) is 0 Å². The number of ketones is 1. The first-order valence-corrected chi connectivity index (χ1v) is 5.80. The molecule has 2 aromatic carbocycles. The van der Waals surface area contributed by atoms with Crippen molar-refractivity contribution in [2.45, 2.75) is 0 Å². The molecule has 0 radical (unpaired) electrons. The standard InChI is InChI=1S/C15H11ClO2/c16-13-8-6-12(15(18)10-13)7-9-14(17)11-4-2-1-3-5-11/h1-10,18H. The normalized spacial score (nSPS) is 10.7. The minimum absolute atomic E-state index is 0.0552. The predicted molar refractivity (Wildman–Crippen MR) is 72.9 cm³/mol.